The van der Waals surface area contributed by atoms with Crippen molar-refractivity contribution < 1.29 is 23.6 Å². The molecule has 5 nitrogen and oxygen atoms in total. The van der Waals surface area contributed by atoms with Crippen molar-refractivity contribution in [1.29, 1.82) is 0 Å². The number of carbonyl (C=O) groups is 1. The van der Waals surface area contributed by atoms with Crippen molar-refractivity contribution in [2.45, 2.75) is 25.8 Å². The highest BCUT2D eigenvalue weighted by molar-refractivity contribution is 5.91. The minimum Gasteiger partial charge on any atom is -0.486 e. The highest BCUT2D eigenvalue weighted by Crippen LogP contribution is 2.33. The normalized spacial score (nSPS) is 21.1. The Morgan fingerprint density at radius 1 is 1.19 bits per heavy atom. The van der Waals surface area contributed by atoms with Crippen molar-refractivity contribution >= 4 is 11.6 Å². The number of nitrogens with one attached hydrogen (secondary N) is 2. The number of fused-ring (bicyclic) bond motifs is 1. The van der Waals surface area contributed by atoms with E-state index in [9.17, 15) is 9.18 Å². The van der Waals surface area contributed by atoms with Gasteiger partial charge in [-0.3, -0.25) is 4.79 Å². The van der Waals surface area contributed by atoms with Gasteiger partial charge in [0, 0.05) is 18.4 Å². The predicted molar refractivity (Wildman–Crippen MR) is 99.9 cm³/mol. The van der Waals surface area contributed by atoms with Gasteiger partial charge in [0.15, 0.2) is 18.0 Å². The molecule has 1 fully saturated rings. The molecule has 2 aromatic carbocycles. The Bertz CT molecular complexity index is 855. The maximum absolute atomic E-state index is 14.0. The molecule has 2 aliphatic rings. The molecule has 1 amide bonds. The van der Waals surface area contributed by atoms with E-state index in [-0.39, 0.29) is 17.6 Å². The number of likely N-dealkylation sites (tertiary alicyclic amines) is 1. The number of rotatable bonds is 4. The van der Waals surface area contributed by atoms with Crippen LogP contribution in [0.25, 0.3) is 0 Å². The summed E-state index contributed by atoms with van der Waals surface area (Å²) >= 11 is 0. The first kappa shape index (κ1) is 17.8. The highest BCUT2D eigenvalue weighted by Gasteiger charge is 2.32. The van der Waals surface area contributed by atoms with E-state index < -0.39 is 5.82 Å². The number of anilines is 1. The summed E-state index contributed by atoms with van der Waals surface area (Å²) in [4.78, 5) is 13.7. The second-order valence-corrected chi connectivity index (χ2v) is 7.21. The number of benzene rings is 2. The van der Waals surface area contributed by atoms with Crippen molar-refractivity contribution in [2.24, 2.45) is 0 Å². The Morgan fingerprint density at radius 2 is 2.00 bits per heavy atom. The molecule has 2 heterocycles. The molecule has 142 valence electrons. The predicted octanol–water partition coefficient (Wildman–Crippen LogP) is 2.26. The molecule has 2 N–H and O–H groups in total. The number of quaternary nitrogens is 1. The van der Waals surface area contributed by atoms with Crippen LogP contribution in [0.5, 0.6) is 11.5 Å². The van der Waals surface area contributed by atoms with Crippen LogP contribution in [-0.4, -0.2) is 32.2 Å². The number of hydrogen-bond acceptors (Lipinski definition) is 3. The molecule has 0 bridgehead atoms. The molecule has 0 aromatic heterocycles. The van der Waals surface area contributed by atoms with Crippen LogP contribution in [0.1, 0.15) is 30.0 Å². The van der Waals surface area contributed by atoms with Gasteiger partial charge in [0.1, 0.15) is 25.1 Å². The Morgan fingerprint density at radius 3 is 2.81 bits per heavy atom. The lowest BCUT2D eigenvalue weighted by Crippen LogP contribution is -3.11. The van der Waals surface area contributed by atoms with E-state index in [1.54, 1.807) is 12.1 Å². The lowest BCUT2D eigenvalue weighted by atomic mass is 10.0. The van der Waals surface area contributed by atoms with Crippen LogP contribution >= 0.6 is 0 Å². The van der Waals surface area contributed by atoms with Crippen molar-refractivity contribution in [3.8, 4) is 11.5 Å². The second kappa shape index (κ2) is 7.56. The lowest BCUT2D eigenvalue weighted by Gasteiger charge is -2.24. The third-order valence-electron chi connectivity index (χ3n) is 5.24. The number of halogens is 1. The maximum Gasteiger partial charge on any atom is 0.279 e. The van der Waals surface area contributed by atoms with Gasteiger partial charge >= 0.3 is 0 Å². The molecular formula is C21H24FN2O3+. The zero-order valence-corrected chi connectivity index (χ0v) is 15.4. The van der Waals surface area contributed by atoms with Crippen LogP contribution in [0.3, 0.4) is 0 Å². The standard InChI is InChI=1S/C21H23FN2O3/c1-14-4-6-17(16(22)11-14)23-21(25)13-24-8-2-3-18(24)15-5-7-19-20(12-15)27-10-9-26-19/h4-7,11-12,18H,2-3,8-10,13H2,1H3,(H,23,25)/p+1/t18-/m1/s1. The molecule has 27 heavy (non-hydrogen) atoms. The first-order valence-corrected chi connectivity index (χ1v) is 9.40. The Balaban J connectivity index is 1.44. The molecule has 2 aliphatic heterocycles. The average molecular weight is 371 g/mol. The summed E-state index contributed by atoms with van der Waals surface area (Å²) in [5.41, 5.74) is 2.22. The van der Waals surface area contributed by atoms with Gasteiger partial charge in [-0.15, -0.1) is 0 Å². The van der Waals surface area contributed by atoms with E-state index in [0.717, 1.165) is 42.0 Å². The van der Waals surface area contributed by atoms with E-state index in [1.165, 1.54) is 11.0 Å². The Kier molecular flexibility index (Phi) is 4.99. The van der Waals surface area contributed by atoms with Gasteiger partial charge < -0.3 is 19.7 Å². The first-order valence-electron chi connectivity index (χ1n) is 9.40. The molecule has 4 rings (SSSR count). The SMILES string of the molecule is Cc1ccc(NC(=O)C[NH+]2CCC[C@@H]2c2ccc3c(c2)OCCO3)c(F)c1. The number of carbonyl (C=O) groups excluding carboxylic acids is 1. The Hall–Kier alpha value is -2.60. The third-order valence-corrected chi connectivity index (χ3v) is 5.24. The number of ether oxygens (including phenoxy) is 2. The minimum atomic E-state index is -0.400. The monoisotopic (exact) mass is 371 g/mol. The Labute approximate surface area is 158 Å². The van der Waals surface area contributed by atoms with Crippen molar-refractivity contribution in [3.05, 3.63) is 53.3 Å². The molecule has 2 aromatic rings. The zero-order chi connectivity index (χ0) is 18.8. The van der Waals surface area contributed by atoms with Crippen molar-refractivity contribution in [3.63, 3.8) is 0 Å². The molecule has 0 aliphatic carbocycles. The fourth-order valence-corrected chi connectivity index (χ4v) is 3.92. The van der Waals surface area contributed by atoms with Crippen LogP contribution in [0.2, 0.25) is 0 Å². The fourth-order valence-electron chi connectivity index (χ4n) is 3.92. The zero-order valence-electron chi connectivity index (χ0n) is 15.4. The molecule has 2 atom stereocenters. The molecule has 0 spiro atoms. The van der Waals surface area contributed by atoms with Crippen LogP contribution in [0.15, 0.2) is 36.4 Å². The van der Waals surface area contributed by atoms with E-state index in [1.807, 2.05) is 19.1 Å². The number of aryl methyl sites for hydroxylation is 1. The van der Waals surface area contributed by atoms with Crippen LogP contribution in [0.4, 0.5) is 10.1 Å². The smallest absolute Gasteiger partial charge is 0.279 e. The van der Waals surface area contributed by atoms with Crippen LogP contribution in [0, 0.1) is 12.7 Å². The molecule has 1 unspecified atom stereocenters. The van der Waals surface area contributed by atoms with Gasteiger partial charge in [-0.05, 0) is 42.8 Å². The largest absolute Gasteiger partial charge is 0.486 e. The van der Waals surface area contributed by atoms with Gasteiger partial charge in [-0.1, -0.05) is 6.07 Å². The number of hydrogen-bond donors (Lipinski definition) is 2. The van der Waals surface area contributed by atoms with Crippen molar-refractivity contribution in [1.82, 2.24) is 0 Å². The first-order chi connectivity index (χ1) is 13.1. The summed E-state index contributed by atoms with van der Waals surface area (Å²) in [5, 5.41) is 2.71. The summed E-state index contributed by atoms with van der Waals surface area (Å²) in [5.74, 6) is 0.980. The third kappa shape index (κ3) is 3.90. The molecule has 0 saturated carbocycles. The molecular weight excluding hydrogens is 347 g/mol. The minimum absolute atomic E-state index is 0.169. The topological polar surface area (TPSA) is 52.0 Å². The summed E-state index contributed by atoms with van der Waals surface area (Å²) < 4.78 is 25.3. The van der Waals surface area contributed by atoms with E-state index in [2.05, 4.69) is 11.4 Å². The molecule has 6 heteroatoms. The molecule has 1 saturated heterocycles. The van der Waals surface area contributed by atoms with Crippen LogP contribution in [-0.2, 0) is 4.79 Å². The van der Waals surface area contributed by atoms with Gasteiger partial charge in [0.2, 0.25) is 0 Å². The van der Waals surface area contributed by atoms with Gasteiger partial charge in [0.25, 0.3) is 5.91 Å². The maximum atomic E-state index is 14.0. The van der Waals surface area contributed by atoms with Crippen LogP contribution < -0.4 is 19.7 Å². The van der Waals surface area contributed by atoms with E-state index in [4.69, 9.17) is 9.47 Å². The lowest BCUT2D eigenvalue weighted by molar-refractivity contribution is -0.910. The number of amides is 1. The van der Waals surface area contributed by atoms with Gasteiger partial charge in [-0.25, -0.2) is 4.39 Å². The molecule has 0 radical (unpaired) electrons. The quantitative estimate of drug-likeness (QED) is 0.867. The average Bonchev–Trinajstić information content (AvgIpc) is 3.11. The summed E-state index contributed by atoms with van der Waals surface area (Å²) in [7, 11) is 0. The van der Waals surface area contributed by atoms with Gasteiger partial charge in [0.05, 0.1) is 12.2 Å². The summed E-state index contributed by atoms with van der Waals surface area (Å²) in [6.45, 7) is 4.18. The van der Waals surface area contributed by atoms with Gasteiger partial charge in [-0.2, -0.15) is 0 Å². The van der Waals surface area contributed by atoms with E-state index in [0.29, 0.717) is 19.8 Å². The summed E-state index contributed by atoms with van der Waals surface area (Å²) in [6, 6.07) is 11.1. The highest BCUT2D eigenvalue weighted by atomic mass is 19.1. The second-order valence-electron chi connectivity index (χ2n) is 7.21. The van der Waals surface area contributed by atoms with E-state index >= 15 is 0 Å². The summed E-state index contributed by atoms with van der Waals surface area (Å²) in [6.07, 6.45) is 2.07. The fraction of sp³-hybridized carbons (Fsp3) is 0.381. The van der Waals surface area contributed by atoms with Crippen molar-refractivity contribution in [2.75, 3.05) is 31.6 Å².